The number of aliphatic imine (C=N–C) groups is 2. The van der Waals surface area contributed by atoms with Gasteiger partial charge < -0.3 is 15.3 Å². The maximum absolute atomic E-state index is 13.1. The van der Waals surface area contributed by atoms with E-state index < -0.39 is 6.17 Å². The fourth-order valence-electron chi connectivity index (χ4n) is 4.43. The molecule has 2 atom stereocenters. The Labute approximate surface area is 213 Å². The van der Waals surface area contributed by atoms with Gasteiger partial charge in [0.1, 0.15) is 5.84 Å². The summed E-state index contributed by atoms with van der Waals surface area (Å²) in [5.41, 5.74) is 4.50. The number of anilines is 1. The lowest BCUT2D eigenvalue weighted by molar-refractivity contribution is -0.121. The van der Waals surface area contributed by atoms with Crippen molar-refractivity contribution in [1.29, 1.82) is 0 Å². The van der Waals surface area contributed by atoms with Crippen LogP contribution in [0.2, 0.25) is 10.0 Å². The summed E-state index contributed by atoms with van der Waals surface area (Å²) >= 11 is 12.3. The number of nitrogens with one attached hydrogen (secondary N) is 1. The Balaban J connectivity index is 1.48. The number of aliphatic hydroxyl groups excluding tert-OH is 1. The summed E-state index contributed by atoms with van der Waals surface area (Å²) in [5, 5.41) is 14.0. The van der Waals surface area contributed by atoms with E-state index in [0.717, 1.165) is 28.1 Å². The zero-order chi connectivity index (χ0) is 24.4. The molecule has 2 aliphatic heterocycles. The summed E-state index contributed by atoms with van der Waals surface area (Å²) in [4.78, 5) is 24.8. The standard InChI is InChI=1S/C27H24Cl2N4O2/c28-19-12-10-17(22(29)14-19)11-13-24(35)31-26-27-30-20(16-34)15-33(27)23-9-5-4-8-21(23)25(32-26)18-6-2-1-3-7-18/h1-10,12,14,20,26,34H,11,13,15-16H2,(H,31,35). The van der Waals surface area contributed by atoms with Crippen molar-refractivity contribution in [1.82, 2.24) is 5.32 Å². The van der Waals surface area contributed by atoms with Crippen LogP contribution in [0.5, 0.6) is 0 Å². The van der Waals surface area contributed by atoms with Crippen molar-refractivity contribution in [2.45, 2.75) is 25.0 Å². The minimum Gasteiger partial charge on any atom is -0.394 e. The van der Waals surface area contributed by atoms with Gasteiger partial charge in [-0.05, 0) is 30.2 Å². The first kappa shape index (κ1) is 23.5. The third kappa shape index (κ3) is 4.96. The number of carbonyl (C=O) groups is 1. The molecule has 0 radical (unpaired) electrons. The average molecular weight is 507 g/mol. The first-order chi connectivity index (χ1) is 17.0. The molecule has 3 aromatic rings. The molecule has 0 bridgehead atoms. The van der Waals surface area contributed by atoms with Crippen LogP contribution in [0.4, 0.5) is 5.69 Å². The van der Waals surface area contributed by atoms with Crippen molar-refractivity contribution in [3.63, 3.8) is 0 Å². The van der Waals surface area contributed by atoms with Crippen LogP contribution < -0.4 is 10.2 Å². The third-order valence-electron chi connectivity index (χ3n) is 6.13. The zero-order valence-corrected chi connectivity index (χ0v) is 20.4. The van der Waals surface area contributed by atoms with Crippen LogP contribution in [0.1, 0.15) is 23.1 Å². The summed E-state index contributed by atoms with van der Waals surface area (Å²) < 4.78 is 0. The number of rotatable bonds is 6. The Bertz CT molecular complexity index is 1310. The van der Waals surface area contributed by atoms with Gasteiger partial charge in [-0.2, -0.15) is 0 Å². The molecule has 8 heteroatoms. The van der Waals surface area contributed by atoms with E-state index in [9.17, 15) is 9.90 Å². The van der Waals surface area contributed by atoms with Gasteiger partial charge in [0.2, 0.25) is 5.91 Å². The van der Waals surface area contributed by atoms with E-state index in [2.05, 4.69) is 10.2 Å². The normalized spacial score (nSPS) is 18.8. The van der Waals surface area contributed by atoms with Gasteiger partial charge >= 0.3 is 0 Å². The molecule has 0 spiro atoms. The molecule has 1 amide bonds. The number of benzene rings is 3. The number of amidine groups is 1. The van der Waals surface area contributed by atoms with E-state index in [1.807, 2.05) is 60.7 Å². The fourth-order valence-corrected chi connectivity index (χ4v) is 4.93. The molecule has 0 saturated heterocycles. The Kier molecular flexibility index (Phi) is 6.86. The quantitative estimate of drug-likeness (QED) is 0.516. The third-order valence-corrected chi connectivity index (χ3v) is 6.72. The Hall–Kier alpha value is -3.19. The van der Waals surface area contributed by atoms with E-state index >= 15 is 0 Å². The van der Waals surface area contributed by atoms with E-state index in [0.29, 0.717) is 28.8 Å². The predicted octanol–water partition coefficient (Wildman–Crippen LogP) is 4.50. The highest BCUT2D eigenvalue weighted by atomic mass is 35.5. The van der Waals surface area contributed by atoms with Crippen molar-refractivity contribution in [2.75, 3.05) is 18.1 Å². The predicted molar refractivity (Wildman–Crippen MR) is 141 cm³/mol. The van der Waals surface area contributed by atoms with E-state index in [1.165, 1.54) is 0 Å². The van der Waals surface area contributed by atoms with E-state index in [1.54, 1.807) is 12.1 Å². The van der Waals surface area contributed by atoms with Crippen LogP contribution in [-0.2, 0) is 11.2 Å². The summed E-state index contributed by atoms with van der Waals surface area (Å²) in [7, 11) is 0. The molecule has 35 heavy (non-hydrogen) atoms. The summed E-state index contributed by atoms with van der Waals surface area (Å²) in [6.45, 7) is 0.445. The topological polar surface area (TPSA) is 77.3 Å². The summed E-state index contributed by atoms with van der Waals surface area (Å²) in [5.74, 6) is 0.457. The number of carbonyl (C=O) groups excluding carboxylic acids is 1. The second-order valence-corrected chi connectivity index (χ2v) is 9.34. The maximum Gasteiger partial charge on any atom is 0.222 e. The van der Waals surface area contributed by atoms with Gasteiger partial charge in [-0.25, -0.2) is 0 Å². The Morgan fingerprint density at radius 2 is 1.80 bits per heavy atom. The Morgan fingerprint density at radius 1 is 1.03 bits per heavy atom. The largest absolute Gasteiger partial charge is 0.394 e. The molecule has 2 unspecified atom stereocenters. The van der Waals surface area contributed by atoms with Gasteiger partial charge in [0.25, 0.3) is 0 Å². The maximum atomic E-state index is 13.1. The number of aryl methyl sites for hydroxylation is 1. The Morgan fingerprint density at radius 3 is 2.57 bits per heavy atom. The van der Waals surface area contributed by atoms with Crippen LogP contribution in [0.3, 0.4) is 0 Å². The minimum atomic E-state index is -0.692. The van der Waals surface area contributed by atoms with Gasteiger partial charge in [-0.15, -0.1) is 0 Å². The molecular formula is C27H24Cl2N4O2. The highest BCUT2D eigenvalue weighted by Crippen LogP contribution is 2.31. The molecule has 0 saturated carbocycles. The summed E-state index contributed by atoms with van der Waals surface area (Å²) in [6.07, 6.45) is 0.0133. The molecule has 178 valence electrons. The van der Waals surface area contributed by atoms with Crippen molar-refractivity contribution in [2.24, 2.45) is 9.98 Å². The van der Waals surface area contributed by atoms with Crippen molar-refractivity contribution in [3.8, 4) is 0 Å². The highest BCUT2D eigenvalue weighted by molar-refractivity contribution is 6.35. The molecule has 2 aliphatic rings. The van der Waals surface area contributed by atoms with Crippen LogP contribution in [0.15, 0.2) is 82.8 Å². The lowest BCUT2D eigenvalue weighted by atomic mass is 10.0. The van der Waals surface area contributed by atoms with Gasteiger partial charge in [0.15, 0.2) is 6.17 Å². The van der Waals surface area contributed by atoms with Crippen molar-refractivity contribution in [3.05, 3.63) is 99.5 Å². The van der Waals surface area contributed by atoms with Crippen molar-refractivity contribution < 1.29 is 9.90 Å². The van der Waals surface area contributed by atoms with Gasteiger partial charge in [-0.3, -0.25) is 14.8 Å². The van der Waals surface area contributed by atoms with Crippen molar-refractivity contribution >= 4 is 46.3 Å². The SMILES string of the molecule is O=C(CCc1ccc(Cl)cc1Cl)NC1N=C(c2ccccc2)c2ccccc2N2CC(CO)N=C12. The minimum absolute atomic E-state index is 0.0762. The van der Waals surface area contributed by atoms with Gasteiger partial charge in [0, 0.05) is 34.1 Å². The number of halogens is 2. The fraction of sp³-hybridized carbons (Fsp3) is 0.222. The monoisotopic (exact) mass is 506 g/mol. The van der Waals surface area contributed by atoms with Crippen LogP contribution in [0.25, 0.3) is 0 Å². The smallest absolute Gasteiger partial charge is 0.222 e. The molecule has 6 nitrogen and oxygen atoms in total. The molecule has 0 fully saturated rings. The molecule has 3 aromatic carbocycles. The molecular weight excluding hydrogens is 483 g/mol. The number of fused-ring (bicyclic) bond motifs is 3. The van der Waals surface area contributed by atoms with Crippen LogP contribution in [-0.4, -0.2) is 47.9 Å². The van der Waals surface area contributed by atoms with E-state index in [-0.39, 0.29) is 25.0 Å². The second kappa shape index (κ2) is 10.2. The van der Waals surface area contributed by atoms with Gasteiger partial charge in [-0.1, -0.05) is 77.8 Å². The number of amides is 1. The van der Waals surface area contributed by atoms with Gasteiger partial charge in [0.05, 0.1) is 24.0 Å². The lowest BCUT2D eigenvalue weighted by Gasteiger charge is -2.24. The van der Waals surface area contributed by atoms with Crippen LogP contribution in [0, 0.1) is 0 Å². The zero-order valence-electron chi connectivity index (χ0n) is 18.9. The first-order valence-electron chi connectivity index (χ1n) is 11.5. The number of para-hydroxylation sites is 1. The number of aliphatic hydroxyl groups is 1. The average Bonchev–Trinajstić information content (AvgIpc) is 3.26. The number of nitrogens with zero attached hydrogens (tertiary/aromatic N) is 3. The molecule has 5 rings (SSSR count). The van der Waals surface area contributed by atoms with Crippen LogP contribution >= 0.6 is 23.2 Å². The lowest BCUT2D eigenvalue weighted by Crippen LogP contribution is -2.45. The number of hydrogen-bond acceptors (Lipinski definition) is 5. The van der Waals surface area contributed by atoms with E-state index in [4.69, 9.17) is 33.2 Å². The summed E-state index contributed by atoms with van der Waals surface area (Å²) in [6, 6.07) is 22.9. The number of hydrogen-bond donors (Lipinski definition) is 2. The highest BCUT2D eigenvalue weighted by Gasteiger charge is 2.36. The molecule has 2 N–H and O–H groups in total. The molecule has 2 heterocycles. The second-order valence-electron chi connectivity index (χ2n) is 8.50. The molecule has 0 aromatic heterocycles. The molecule has 0 aliphatic carbocycles. The first-order valence-corrected chi connectivity index (χ1v) is 12.2.